The standard InChI is InChI=1S/C16H25NO4/c1-13(2)17-16(15(18)19,9-10-21-12-11-20-3)14-7-5-4-6-8-14/h4-8,13,17H,9-12H2,1-3H3,(H,18,19). The van der Waals surface area contributed by atoms with E-state index >= 15 is 0 Å². The van der Waals surface area contributed by atoms with Gasteiger partial charge in [-0.05, 0) is 19.4 Å². The summed E-state index contributed by atoms with van der Waals surface area (Å²) in [4.78, 5) is 11.9. The van der Waals surface area contributed by atoms with Crippen LogP contribution in [0.25, 0.3) is 0 Å². The molecule has 0 heterocycles. The summed E-state index contributed by atoms with van der Waals surface area (Å²) in [6, 6.07) is 9.28. The van der Waals surface area contributed by atoms with E-state index in [-0.39, 0.29) is 6.04 Å². The molecular formula is C16H25NO4. The molecule has 0 aliphatic carbocycles. The van der Waals surface area contributed by atoms with E-state index in [9.17, 15) is 9.90 Å². The molecule has 2 N–H and O–H groups in total. The molecule has 0 aromatic heterocycles. The second-order valence-electron chi connectivity index (χ2n) is 5.23. The molecule has 0 bridgehead atoms. The average Bonchev–Trinajstić information content (AvgIpc) is 2.46. The fourth-order valence-electron chi connectivity index (χ4n) is 2.28. The van der Waals surface area contributed by atoms with Gasteiger partial charge in [-0.25, -0.2) is 4.79 Å². The molecule has 1 unspecified atom stereocenters. The third-order valence-corrected chi connectivity index (χ3v) is 3.22. The first-order valence-electron chi connectivity index (χ1n) is 7.16. The molecule has 5 nitrogen and oxygen atoms in total. The molecule has 0 saturated carbocycles. The molecule has 0 spiro atoms. The van der Waals surface area contributed by atoms with Gasteiger partial charge >= 0.3 is 5.97 Å². The largest absolute Gasteiger partial charge is 0.480 e. The Morgan fingerprint density at radius 3 is 2.43 bits per heavy atom. The molecule has 0 aliphatic heterocycles. The van der Waals surface area contributed by atoms with Crippen LogP contribution in [0, 0.1) is 0 Å². The Morgan fingerprint density at radius 2 is 1.90 bits per heavy atom. The van der Waals surface area contributed by atoms with Gasteiger partial charge in [0.05, 0.1) is 13.2 Å². The number of aliphatic carboxylic acids is 1. The lowest BCUT2D eigenvalue weighted by molar-refractivity contribution is -0.147. The molecule has 0 saturated heterocycles. The highest BCUT2D eigenvalue weighted by Gasteiger charge is 2.40. The van der Waals surface area contributed by atoms with Crippen LogP contribution >= 0.6 is 0 Å². The summed E-state index contributed by atoms with van der Waals surface area (Å²) >= 11 is 0. The summed E-state index contributed by atoms with van der Waals surface area (Å²) in [6.07, 6.45) is 0.355. The molecule has 1 atom stereocenters. The lowest BCUT2D eigenvalue weighted by atomic mass is 9.86. The molecule has 0 aliphatic rings. The fourth-order valence-corrected chi connectivity index (χ4v) is 2.28. The summed E-state index contributed by atoms with van der Waals surface area (Å²) in [6.45, 7) is 5.19. The molecule has 1 rings (SSSR count). The maximum Gasteiger partial charge on any atom is 0.328 e. The second-order valence-corrected chi connectivity index (χ2v) is 5.23. The molecule has 1 aromatic carbocycles. The van der Waals surface area contributed by atoms with Crippen molar-refractivity contribution in [3.8, 4) is 0 Å². The van der Waals surface area contributed by atoms with Crippen LogP contribution in [0.5, 0.6) is 0 Å². The van der Waals surface area contributed by atoms with Gasteiger partial charge in [0.2, 0.25) is 0 Å². The first-order valence-corrected chi connectivity index (χ1v) is 7.16. The zero-order valence-corrected chi connectivity index (χ0v) is 13.0. The SMILES string of the molecule is COCCOCCC(NC(C)C)(C(=O)O)c1ccccc1. The van der Waals surface area contributed by atoms with Gasteiger partial charge in [-0.3, -0.25) is 5.32 Å². The van der Waals surface area contributed by atoms with Crippen molar-refractivity contribution in [3.05, 3.63) is 35.9 Å². The van der Waals surface area contributed by atoms with Gasteiger partial charge in [0, 0.05) is 26.2 Å². The smallest absolute Gasteiger partial charge is 0.328 e. The quantitative estimate of drug-likeness (QED) is 0.646. The highest BCUT2D eigenvalue weighted by atomic mass is 16.5. The van der Waals surface area contributed by atoms with Crippen molar-refractivity contribution >= 4 is 5.97 Å². The molecule has 0 amide bonds. The van der Waals surface area contributed by atoms with E-state index < -0.39 is 11.5 Å². The summed E-state index contributed by atoms with van der Waals surface area (Å²) in [5, 5.41) is 13.0. The Bertz CT molecular complexity index is 422. The van der Waals surface area contributed by atoms with E-state index in [0.717, 1.165) is 5.56 Å². The minimum atomic E-state index is -1.14. The molecule has 5 heteroatoms. The van der Waals surface area contributed by atoms with Gasteiger partial charge in [-0.15, -0.1) is 0 Å². The molecule has 118 valence electrons. The van der Waals surface area contributed by atoms with Crippen molar-refractivity contribution in [3.63, 3.8) is 0 Å². The van der Waals surface area contributed by atoms with Crippen LogP contribution in [0.4, 0.5) is 0 Å². The number of carboxylic acid groups (broad SMARTS) is 1. The number of rotatable bonds is 10. The Hall–Kier alpha value is -1.43. The number of methoxy groups -OCH3 is 1. The topological polar surface area (TPSA) is 67.8 Å². The zero-order chi connectivity index (χ0) is 15.7. The highest BCUT2D eigenvalue weighted by molar-refractivity contribution is 5.80. The number of ether oxygens (including phenoxy) is 2. The van der Waals surface area contributed by atoms with Gasteiger partial charge in [0.25, 0.3) is 0 Å². The highest BCUT2D eigenvalue weighted by Crippen LogP contribution is 2.26. The molecule has 0 radical (unpaired) electrons. The number of nitrogens with one attached hydrogen (secondary N) is 1. The maximum absolute atomic E-state index is 11.9. The Kier molecular flexibility index (Phi) is 7.36. The van der Waals surface area contributed by atoms with E-state index in [1.54, 1.807) is 7.11 Å². The third kappa shape index (κ3) is 5.12. The van der Waals surface area contributed by atoms with E-state index in [1.807, 2.05) is 44.2 Å². The summed E-state index contributed by atoms with van der Waals surface area (Å²) in [5.74, 6) is -0.891. The minimum Gasteiger partial charge on any atom is -0.480 e. The van der Waals surface area contributed by atoms with Crippen molar-refractivity contribution in [1.29, 1.82) is 0 Å². The fraction of sp³-hybridized carbons (Fsp3) is 0.562. The van der Waals surface area contributed by atoms with Crippen LogP contribution in [0.1, 0.15) is 25.8 Å². The first kappa shape index (κ1) is 17.6. The summed E-state index contributed by atoms with van der Waals surface area (Å²) < 4.78 is 10.4. The molecule has 21 heavy (non-hydrogen) atoms. The summed E-state index contributed by atoms with van der Waals surface area (Å²) in [5.41, 5.74) is -0.399. The van der Waals surface area contributed by atoms with Gasteiger partial charge in [-0.1, -0.05) is 30.3 Å². The van der Waals surface area contributed by atoms with Crippen LogP contribution in [0.15, 0.2) is 30.3 Å². The van der Waals surface area contributed by atoms with E-state index in [4.69, 9.17) is 9.47 Å². The number of carboxylic acids is 1. The first-order chi connectivity index (χ1) is 10.0. The van der Waals surface area contributed by atoms with Crippen molar-refractivity contribution in [1.82, 2.24) is 5.32 Å². The number of hydrogen-bond donors (Lipinski definition) is 2. The minimum absolute atomic E-state index is 0.0419. The van der Waals surface area contributed by atoms with Crippen molar-refractivity contribution in [2.24, 2.45) is 0 Å². The molecule has 1 aromatic rings. The predicted molar refractivity (Wildman–Crippen MR) is 81.3 cm³/mol. The summed E-state index contributed by atoms with van der Waals surface area (Å²) in [7, 11) is 1.61. The Balaban J connectivity index is 2.89. The van der Waals surface area contributed by atoms with Gasteiger partial charge in [-0.2, -0.15) is 0 Å². The van der Waals surface area contributed by atoms with E-state index in [2.05, 4.69) is 5.32 Å². The Morgan fingerprint density at radius 1 is 1.24 bits per heavy atom. The monoisotopic (exact) mass is 295 g/mol. The lowest BCUT2D eigenvalue weighted by Gasteiger charge is -2.33. The van der Waals surface area contributed by atoms with E-state index in [0.29, 0.717) is 26.2 Å². The normalized spacial score (nSPS) is 14.1. The third-order valence-electron chi connectivity index (χ3n) is 3.22. The van der Waals surface area contributed by atoms with Crippen LogP contribution < -0.4 is 5.32 Å². The van der Waals surface area contributed by atoms with Crippen molar-refractivity contribution in [2.45, 2.75) is 31.8 Å². The zero-order valence-electron chi connectivity index (χ0n) is 13.0. The van der Waals surface area contributed by atoms with Crippen LogP contribution in [-0.4, -0.2) is 44.0 Å². The van der Waals surface area contributed by atoms with E-state index in [1.165, 1.54) is 0 Å². The average molecular weight is 295 g/mol. The van der Waals surface area contributed by atoms with Crippen molar-refractivity contribution in [2.75, 3.05) is 26.9 Å². The Labute approximate surface area is 126 Å². The van der Waals surface area contributed by atoms with Crippen LogP contribution in [-0.2, 0) is 19.8 Å². The predicted octanol–water partition coefficient (Wildman–Crippen LogP) is 2.02. The van der Waals surface area contributed by atoms with Gasteiger partial charge in [0.15, 0.2) is 0 Å². The number of hydrogen-bond acceptors (Lipinski definition) is 4. The number of carbonyl (C=O) groups is 1. The maximum atomic E-state index is 11.9. The molecule has 0 fully saturated rings. The van der Waals surface area contributed by atoms with Gasteiger partial charge in [0.1, 0.15) is 5.54 Å². The van der Waals surface area contributed by atoms with Crippen LogP contribution in [0.2, 0.25) is 0 Å². The van der Waals surface area contributed by atoms with Crippen LogP contribution in [0.3, 0.4) is 0 Å². The van der Waals surface area contributed by atoms with Crippen molar-refractivity contribution < 1.29 is 19.4 Å². The number of benzene rings is 1. The lowest BCUT2D eigenvalue weighted by Crippen LogP contribution is -2.52. The molecular weight excluding hydrogens is 270 g/mol. The van der Waals surface area contributed by atoms with Gasteiger partial charge < -0.3 is 14.6 Å². The second kappa shape index (κ2) is 8.77.